The molecule has 0 amide bonds. The van der Waals surface area contributed by atoms with E-state index in [0.717, 1.165) is 11.8 Å². The van der Waals surface area contributed by atoms with Gasteiger partial charge in [-0.2, -0.15) is 0 Å². The third-order valence-corrected chi connectivity index (χ3v) is 3.95. The van der Waals surface area contributed by atoms with Crippen LogP contribution in [0.5, 0.6) is 0 Å². The minimum Gasteiger partial charge on any atom is -0.374 e. The predicted octanol–water partition coefficient (Wildman–Crippen LogP) is 3.49. The summed E-state index contributed by atoms with van der Waals surface area (Å²) >= 11 is 0. The van der Waals surface area contributed by atoms with Gasteiger partial charge in [0.2, 0.25) is 0 Å². The van der Waals surface area contributed by atoms with Crippen molar-refractivity contribution in [1.82, 2.24) is 0 Å². The Morgan fingerprint density at radius 1 is 1.06 bits per heavy atom. The zero-order valence-corrected chi connectivity index (χ0v) is 11.6. The first-order chi connectivity index (χ1) is 8.69. The number of ether oxygens (including phenoxy) is 1. The smallest absolute Gasteiger partial charge is 0.0723 e. The molecule has 18 heavy (non-hydrogen) atoms. The van der Waals surface area contributed by atoms with Crippen molar-refractivity contribution in [1.29, 1.82) is 0 Å². The molecule has 1 fully saturated rings. The Bertz CT molecular complexity index is 367. The maximum absolute atomic E-state index is 6.10. The van der Waals surface area contributed by atoms with E-state index in [-0.39, 0.29) is 0 Å². The molecule has 0 spiro atoms. The summed E-state index contributed by atoms with van der Waals surface area (Å²) in [5.74, 6) is 1.59. The molecular formula is C16H25NO. The lowest BCUT2D eigenvalue weighted by Gasteiger charge is -2.31. The monoisotopic (exact) mass is 247 g/mol. The van der Waals surface area contributed by atoms with Crippen LogP contribution in [0.1, 0.15) is 44.2 Å². The Labute approximate surface area is 111 Å². The van der Waals surface area contributed by atoms with Crippen LogP contribution in [0.4, 0.5) is 0 Å². The molecule has 1 aromatic rings. The molecule has 2 nitrogen and oxygen atoms in total. The predicted molar refractivity (Wildman–Crippen MR) is 75.1 cm³/mol. The molecule has 2 unspecified atom stereocenters. The maximum atomic E-state index is 6.10. The highest BCUT2D eigenvalue weighted by Gasteiger charge is 2.24. The summed E-state index contributed by atoms with van der Waals surface area (Å²) in [7, 11) is 0. The average molecular weight is 247 g/mol. The van der Waals surface area contributed by atoms with Crippen LogP contribution < -0.4 is 5.73 Å². The second-order valence-electron chi connectivity index (χ2n) is 5.82. The Kier molecular flexibility index (Phi) is 4.79. The molecule has 1 aliphatic carbocycles. The van der Waals surface area contributed by atoms with Crippen LogP contribution in [0.15, 0.2) is 24.3 Å². The third-order valence-electron chi connectivity index (χ3n) is 3.95. The lowest BCUT2D eigenvalue weighted by atomic mass is 9.82. The van der Waals surface area contributed by atoms with Gasteiger partial charge < -0.3 is 10.5 Å². The summed E-state index contributed by atoms with van der Waals surface area (Å²) in [6.45, 7) is 5.97. The maximum Gasteiger partial charge on any atom is 0.0723 e. The highest BCUT2D eigenvalue weighted by molar-refractivity contribution is 5.26. The van der Waals surface area contributed by atoms with Crippen molar-refractivity contribution in [2.24, 2.45) is 17.6 Å². The first-order valence-electron chi connectivity index (χ1n) is 7.07. The Morgan fingerprint density at radius 2 is 1.67 bits per heavy atom. The van der Waals surface area contributed by atoms with Crippen LogP contribution in [-0.2, 0) is 17.9 Å². The first-order valence-corrected chi connectivity index (χ1v) is 7.07. The molecule has 0 bridgehead atoms. The summed E-state index contributed by atoms with van der Waals surface area (Å²) < 4.78 is 6.10. The van der Waals surface area contributed by atoms with Gasteiger partial charge in [0.05, 0.1) is 12.7 Å². The molecule has 2 heteroatoms. The molecule has 0 heterocycles. The normalized spacial score (nSPS) is 28.3. The van der Waals surface area contributed by atoms with E-state index in [4.69, 9.17) is 10.5 Å². The number of hydrogen-bond donors (Lipinski definition) is 1. The molecule has 1 aromatic carbocycles. The van der Waals surface area contributed by atoms with Crippen LogP contribution in [-0.4, -0.2) is 6.10 Å². The molecule has 2 N–H and O–H groups in total. The molecule has 0 aliphatic heterocycles. The van der Waals surface area contributed by atoms with Crippen molar-refractivity contribution < 1.29 is 4.74 Å². The number of nitrogens with two attached hydrogens (primary N) is 1. The molecule has 1 aliphatic rings. The van der Waals surface area contributed by atoms with Crippen molar-refractivity contribution in [3.05, 3.63) is 35.4 Å². The van der Waals surface area contributed by atoms with Crippen molar-refractivity contribution in [2.75, 3.05) is 0 Å². The van der Waals surface area contributed by atoms with Crippen molar-refractivity contribution in [3.8, 4) is 0 Å². The zero-order chi connectivity index (χ0) is 13.0. The molecule has 2 atom stereocenters. The van der Waals surface area contributed by atoms with Gasteiger partial charge in [0, 0.05) is 6.54 Å². The Balaban J connectivity index is 1.91. The van der Waals surface area contributed by atoms with E-state index in [1.165, 1.54) is 30.4 Å². The quantitative estimate of drug-likeness (QED) is 0.884. The van der Waals surface area contributed by atoms with Gasteiger partial charge in [-0.25, -0.2) is 0 Å². The Hall–Kier alpha value is -0.860. The number of rotatable bonds is 4. The van der Waals surface area contributed by atoms with E-state index >= 15 is 0 Å². The van der Waals surface area contributed by atoms with Crippen LogP contribution in [0.2, 0.25) is 0 Å². The molecule has 0 aromatic heterocycles. The molecular weight excluding hydrogens is 222 g/mol. The van der Waals surface area contributed by atoms with Crippen molar-refractivity contribution in [2.45, 2.75) is 52.4 Å². The number of benzene rings is 1. The van der Waals surface area contributed by atoms with Gasteiger partial charge in [-0.3, -0.25) is 0 Å². The minimum absolute atomic E-state index is 0.426. The highest BCUT2D eigenvalue weighted by Crippen LogP contribution is 2.30. The standard InChI is InChI=1S/C16H25NO/c1-12-7-13(2)9-16(8-12)18-11-15-6-4-3-5-14(15)10-17/h3-6,12-13,16H,7-11,17H2,1-2H3. The van der Waals surface area contributed by atoms with Gasteiger partial charge in [0.1, 0.15) is 0 Å². The van der Waals surface area contributed by atoms with E-state index in [2.05, 4.69) is 32.0 Å². The van der Waals surface area contributed by atoms with Crippen LogP contribution in [0, 0.1) is 11.8 Å². The minimum atomic E-state index is 0.426. The fourth-order valence-electron chi connectivity index (χ4n) is 3.11. The van der Waals surface area contributed by atoms with Crippen LogP contribution >= 0.6 is 0 Å². The number of hydrogen-bond acceptors (Lipinski definition) is 2. The van der Waals surface area contributed by atoms with E-state index < -0.39 is 0 Å². The lowest BCUT2D eigenvalue weighted by Crippen LogP contribution is -2.26. The van der Waals surface area contributed by atoms with E-state index in [0.29, 0.717) is 19.3 Å². The van der Waals surface area contributed by atoms with E-state index in [9.17, 15) is 0 Å². The second-order valence-corrected chi connectivity index (χ2v) is 5.82. The SMILES string of the molecule is CC1CC(C)CC(OCc2ccccc2CN)C1. The van der Waals surface area contributed by atoms with E-state index in [1.54, 1.807) is 0 Å². The molecule has 2 rings (SSSR count). The molecule has 100 valence electrons. The Morgan fingerprint density at radius 3 is 2.28 bits per heavy atom. The topological polar surface area (TPSA) is 35.2 Å². The summed E-state index contributed by atoms with van der Waals surface area (Å²) in [4.78, 5) is 0. The first kappa shape index (κ1) is 13.6. The van der Waals surface area contributed by atoms with Crippen molar-refractivity contribution >= 4 is 0 Å². The van der Waals surface area contributed by atoms with Crippen LogP contribution in [0.25, 0.3) is 0 Å². The third kappa shape index (κ3) is 3.56. The summed E-state index contributed by atoms with van der Waals surface area (Å²) in [6.07, 6.45) is 4.18. The largest absolute Gasteiger partial charge is 0.374 e. The van der Waals surface area contributed by atoms with Gasteiger partial charge in [-0.15, -0.1) is 0 Å². The average Bonchev–Trinajstić information content (AvgIpc) is 2.35. The summed E-state index contributed by atoms with van der Waals surface area (Å²) in [5.41, 5.74) is 8.19. The van der Waals surface area contributed by atoms with Gasteiger partial charge in [0.15, 0.2) is 0 Å². The second kappa shape index (κ2) is 6.35. The van der Waals surface area contributed by atoms with Gasteiger partial charge in [-0.05, 0) is 42.2 Å². The zero-order valence-electron chi connectivity index (χ0n) is 11.6. The van der Waals surface area contributed by atoms with Crippen molar-refractivity contribution in [3.63, 3.8) is 0 Å². The summed E-state index contributed by atoms with van der Waals surface area (Å²) in [6, 6.07) is 8.31. The van der Waals surface area contributed by atoms with Gasteiger partial charge in [0.25, 0.3) is 0 Å². The molecule has 0 radical (unpaired) electrons. The fraction of sp³-hybridized carbons (Fsp3) is 0.625. The van der Waals surface area contributed by atoms with Gasteiger partial charge >= 0.3 is 0 Å². The molecule has 0 saturated heterocycles. The fourth-order valence-corrected chi connectivity index (χ4v) is 3.11. The van der Waals surface area contributed by atoms with Crippen LogP contribution in [0.3, 0.4) is 0 Å². The van der Waals surface area contributed by atoms with E-state index in [1.807, 2.05) is 6.07 Å². The molecule has 1 saturated carbocycles. The van der Waals surface area contributed by atoms with Gasteiger partial charge in [-0.1, -0.05) is 38.1 Å². The summed E-state index contributed by atoms with van der Waals surface area (Å²) in [5, 5.41) is 0. The highest BCUT2D eigenvalue weighted by atomic mass is 16.5. The lowest BCUT2D eigenvalue weighted by molar-refractivity contribution is -0.00940.